The number of carbonyl (C=O) groups excluding carboxylic acids is 2. The smallest absolute Gasteiger partial charge is 0.337 e. The van der Waals surface area contributed by atoms with E-state index in [1.807, 2.05) is 0 Å². The van der Waals surface area contributed by atoms with Gasteiger partial charge in [0.05, 0.1) is 35.8 Å². The van der Waals surface area contributed by atoms with Crippen LogP contribution in [0.2, 0.25) is 0 Å². The maximum Gasteiger partial charge on any atom is 0.337 e. The van der Waals surface area contributed by atoms with Crippen molar-refractivity contribution in [2.45, 2.75) is 0 Å². The molecular weight excluding hydrogens is 349 g/mol. The van der Waals surface area contributed by atoms with Gasteiger partial charge in [0.2, 0.25) is 0 Å². The number of benzene rings is 2. The van der Waals surface area contributed by atoms with Crippen LogP contribution in [0.25, 0.3) is 0 Å². The van der Waals surface area contributed by atoms with Crippen LogP contribution in [0.4, 0.5) is 21.5 Å². The van der Waals surface area contributed by atoms with E-state index in [4.69, 9.17) is 0 Å². The molecule has 136 valence electrons. The molecule has 0 saturated heterocycles. The van der Waals surface area contributed by atoms with Gasteiger partial charge in [0, 0.05) is 11.9 Å². The molecule has 0 aliphatic rings. The van der Waals surface area contributed by atoms with Crippen LogP contribution >= 0.6 is 0 Å². The first-order chi connectivity index (χ1) is 13.1. The Morgan fingerprint density at radius 1 is 0.963 bits per heavy atom. The molecule has 0 bridgehead atoms. The van der Waals surface area contributed by atoms with Crippen molar-refractivity contribution in [3.63, 3.8) is 0 Å². The highest BCUT2D eigenvalue weighted by Crippen LogP contribution is 2.19. The summed E-state index contributed by atoms with van der Waals surface area (Å²) in [5.41, 5.74) is 2.08. The summed E-state index contributed by atoms with van der Waals surface area (Å²) >= 11 is 0. The topological polar surface area (TPSA) is 80.3 Å². The van der Waals surface area contributed by atoms with Crippen LogP contribution in [0.1, 0.15) is 20.7 Å². The van der Waals surface area contributed by atoms with Gasteiger partial charge in [-0.05, 0) is 42.5 Å². The molecule has 0 saturated carbocycles. The molecule has 1 heterocycles. The quantitative estimate of drug-likeness (QED) is 0.668. The van der Waals surface area contributed by atoms with Crippen LogP contribution in [-0.2, 0) is 4.74 Å². The molecule has 7 heteroatoms. The number of hydrogen-bond acceptors (Lipinski definition) is 5. The number of nitrogens with zero attached hydrogens (tertiary/aromatic N) is 1. The molecule has 3 aromatic rings. The Morgan fingerprint density at radius 2 is 1.70 bits per heavy atom. The number of amides is 1. The van der Waals surface area contributed by atoms with Gasteiger partial charge in [-0.2, -0.15) is 0 Å². The fourth-order valence-corrected chi connectivity index (χ4v) is 2.36. The average Bonchev–Trinajstić information content (AvgIpc) is 2.70. The number of halogens is 1. The maximum atomic E-state index is 13.7. The number of pyridine rings is 1. The lowest BCUT2D eigenvalue weighted by molar-refractivity contribution is 0.0600. The summed E-state index contributed by atoms with van der Waals surface area (Å²) in [6.07, 6.45) is 2.94. The van der Waals surface area contributed by atoms with Gasteiger partial charge in [0.25, 0.3) is 5.91 Å². The predicted molar refractivity (Wildman–Crippen MR) is 99.7 cm³/mol. The summed E-state index contributed by atoms with van der Waals surface area (Å²) in [5.74, 6) is -1.41. The third-order valence-corrected chi connectivity index (χ3v) is 3.72. The normalized spacial score (nSPS) is 10.1. The number of nitrogens with one attached hydrogen (secondary N) is 2. The van der Waals surface area contributed by atoms with Crippen LogP contribution in [0.5, 0.6) is 0 Å². The molecule has 2 N–H and O–H groups in total. The Bertz CT molecular complexity index is 974. The van der Waals surface area contributed by atoms with Crippen molar-refractivity contribution in [1.29, 1.82) is 0 Å². The number of ether oxygens (including phenoxy) is 1. The van der Waals surface area contributed by atoms with E-state index in [-0.39, 0.29) is 11.3 Å². The van der Waals surface area contributed by atoms with Gasteiger partial charge < -0.3 is 15.4 Å². The van der Waals surface area contributed by atoms with Gasteiger partial charge in [-0.1, -0.05) is 12.1 Å². The highest BCUT2D eigenvalue weighted by atomic mass is 19.1. The Morgan fingerprint density at radius 3 is 2.41 bits per heavy atom. The van der Waals surface area contributed by atoms with E-state index in [1.54, 1.807) is 48.7 Å². The number of esters is 1. The number of carbonyl (C=O) groups is 2. The molecule has 0 unspecified atom stereocenters. The summed E-state index contributed by atoms with van der Waals surface area (Å²) < 4.78 is 18.3. The number of hydrogen-bond donors (Lipinski definition) is 2. The zero-order valence-electron chi connectivity index (χ0n) is 14.4. The first-order valence-corrected chi connectivity index (χ1v) is 8.03. The molecule has 1 amide bonds. The largest absolute Gasteiger partial charge is 0.465 e. The van der Waals surface area contributed by atoms with Crippen molar-refractivity contribution in [3.05, 3.63) is 83.9 Å². The average molecular weight is 365 g/mol. The zero-order valence-corrected chi connectivity index (χ0v) is 14.4. The molecule has 6 nitrogen and oxygen atoms in total. The maximum absolute atomic E-state index is 13.7. The van der Waals surface area contributed by atoms with Gasteiger partial charge in [0.1, 0.15) is 5.82 Å². The Kier molecular flexibility index (Phi) is 5.41. The van der Waals surface area contributed by atoms with Crippen molar-refractivity contribution in [3.8, 4) is 0 Å². The SMILES string of the molecule is COC(=O)c1ccc(Nc2cncc(C(=O)Nc3ccccc3F)c2)cc1. The molecule has 0 aliphatic carbocycles. The van der Waals surface area contributed by atoms with Gasteiger partial charge in [-0.15, -0.1) is 0 Å². The van der Waals surface area contributed by atoms with E-state index in [2.05, 4.69) is 20.4 Å². The molecule has 0 aliphatic heterocycles. The molecule has 0 fully saturated rings. The molecule has 0 radical (unpaired) electrons. The molecule has 0 spiro atoms. The van der Waals surface area contributed by atoms with Crippen LogP contribution in [0, 0.1) is 5.82 Å². The standard InChI is InChI=1S/C20H16FN3O3/c1-27-20(26)13-6-8-15(9-7-13)23-16-10-14(11-22-12-16)19(25)24-18-5-3-2-4-17(18)21/h2-12,23H,1H3,(H,24,25). The number of aromatic nitrogens is 1. The van der Waals surface area contributed by atoms with E-state index >= 15 is 0 Å². The lowest BCUT2D eigenvalue weighted by Gasteiger charge is -2.09. The summed E-state index contributed by atoms with van der Waals surface area (Å²) in [6, 6.07) is 14.2. The minimum atomic E-state index is -0.515. The second-order valence-electron chi connectivity index (χ2n) is 5.59. The summed E-state index contributed by atoms with van der Waals surface area (Å²) in [5, 5.41) is 5.60. The van der Waals surface area contributed by atoms with Crippen LogP contribution in [0.15, 0.2) is 67.0 Å². The minimum Gasteiger partial charge on any atom is -0.465 e. The van der Waals surface area contributed by atoms with Crippen LogP contribution in [0.3, 0.4) is 0 Å². The van der Waals surface area contributed by atoms with Crippen molar-refractivity contribution in [2.75, 3.05) is 17.7 Å². The fraction of sp³-hybridized carbons (Fsp3) is 0.0500. The van der Waals surface area contributed by atoms with Crippen LogP contribution < -0.4 is 10.6 Å². The zero-order chi connectivity index (χ0) is 19.2. The molecular formula is C20H16FN3O3. The molecule has 1 aromatic heterocycles. The lowest BCUT2D eigenvalue weighted by atomic mass is 10.2. The summed E-state index contributed by atoms with van der Waals surface area (Å²) in [4.78, 5) is 27.8. The van der Waals surface area contributed by atoms with Crippen molar-refractivity contribution in [2.24, 2.45) is 0 Å². The third kappa shape index (κ3) is 4.46. The van der Waals surface area contributed by atoms with Gasteiger partial charge in [-0.3, -0.25) is 9.78 Å². The third-order valence-electron chi connectivity index (χ3n) is 3.72. The van der Waals surface area contributed by atoms with Gasteiger partial charge in [-0.25, -0.2) is 9.18 Å². The second kappa shape index (κ2) is 8.09. The van der Waals surface area contributed by atoms with Crippen molar-refractivity contribution >= 4 is 28.9 Å². The first-order valence-electron chi connectivity index (χ1n) is 8.03. The minimum absolute atomic E-state index is 0.0965. The first kappa shape index (κ1) is 18.1. The monoisotopic (exact) mass is 365 g/mol. The Labute approximate surface area is 155 Å². The van der Waals surface area contributed by atoms with E-state index in [0.717, 1.165) is 0 Å². The second-order valence-corrected chi connectivity index (χ2v) is 5.59. The molecule has 2 aromatic carbocycles. The number of rotatable bonds is 5. The van der Waals surface area contributed by atoms with Crippen molar-refractivity contribution < 1.29 is 18.7 Å². The Balaban J connectivity index is 1.72. The molecule has 3 rings (SSSR count). The molecule has 0 atom stereocenters. The van der Waals surface area contributed by atoms with Gasteiger partial charge >= 0.3 is 5.97 Å². The van der Waals surface area contributed by atoms with Gasteiger partial charge in [0.15, 0.2) is 0 Å². The van der Waals surface area contributed by atoms with Crippen LogP contribution in [-0.4, -0.2) is 24.0 Å². The van der Waals surface area contributed by atoms with E-state index in [0.29, 0.717) is 16.9 Å². The Hall–Kier alpha value is -3.74. The predicted octanol–water partition coefficient (Wildman–Crippen LogP) is 4.00. The van der Waals surface area contributed by atoms with Crippen molar-refractivity contribution in [1.82, 2.24) is 4.98 Å². The number of methoxy groups -OCH3 is 1. The highest BCUT2D eigenvalue weighted by molar-refractivity contribution is 6.04. The molecule has 27 heavy (non-hydrogen) atoms. The highest BCUT2D eigenvalue weighted by Gasteiger charge is 2.10. The van der Waals surface area contributed by atoms with E-state index in [9.17, 15) is 14.0 Å². The number of anilines is 3. The summed E-state index contributed by atoms with van der Waals surface area (Å²) in [6.45, 7) is 0. The van der Waals surface area contributed by atoms with E-state index < -0.39 is 17.7 Å². The lowest BCUT2D eigenvalue weighted by Crippen LogP contribution is -2.13. The number of para-hydroxylation sites is 1. The summed E-state index contributed by atoms with van der Waals surface area (Å²) in [7, 11) is 1.32. The fourth-order valence-electron chi connectivity index (χ4n) is 2.36. The van der Waals surface area contributed by atoms with E-state index in [1.165, 1.54) is 25.4 Å².